The van der Waals surface area contributed by atoms with Crippen molar-refractivity contribution in [1.82, 2.24) is 0 Å². The molecule has 1 aromatic heterocycles. The lowest BCUT2D eigenvalue weighted by Crippen LogP contribution is -2.04. The standard InChI is InChI=1S/C17H15NO2/c1-11-8-12(2)17-14(9-11)15(18-19)10-16(20-17)13-6-4-3-5-7-13/h3-10,19H,1-2H3/b18-15+. The van der Waals surface area contributed by atoms with E-state index >= 15 is 0 Å². The summed E-state index contributed by atoms with van der Waals surface area (Å²) in [5, 5.41) is 14.0. The summed E-state index contributed by atoms with van der Waals surface area (Å²) in [6.45, 7) is 4.01. The average Bonchev–Trinajstić information content (AvgIpc) is 2.47. The Bertz CT molecular complexity index is 833. The Balaban J connectivity index is 2.39. The summed E-state index contributed by atoms with van der Waals surface area (Å²) in [6, 6.07) is 15.6. The van der Waals surface area contributed by atoms with Crippen LogP contribution in [0.2, 0.25) is 0 Å². The van der Waals surface area contributed by atoms with Gasteiger partial charge in [0.25, 0.3) is 0 Å². The molecule has 0 saturated carbocycles. The van der Waals surface area contributed by atoms with E-state index in [2.05, 4.69) is 11.2 Å². The molecule has 0 spiro atoms. The van der Waals surface area contributed by atoms with Crippen LogP contribution in [0, 0.1) is 13.8 Å². The molecule has 0 amide bonds. The van der Waals surface area contributed by atoms with Crippen LogP contribution in [0.4, 0.5) is 0 Å². The van der Waals surface area contributed by atoms with Crippen LogP contribution in [0.5, 0.6) is 0 Å². The summed E-state index contributed by atoms with van der Waals surface area (Å²) in [6.07, 6.45) is 0. The Morgan fingerprint density at radius 2 is 1.75 bits per heavy atom. The highest BCUT2D eigenvalue weighted by Crippen LogP contribution is 2.24. The van der Waals surface area contributed by atoms with E-state index in [1.807, 2.05) is 50.2 Å². The van der Waals surface area contributed by atoms with Crippen LogP contribution >= 0.6 is 0 Å². The lowest BCUT2D eigenvalue weighted by atomic mass is 10.1. The van der Waals surface area contributed by atoms with E-state index in [9.17, 15) is 5.21 Å². The van der Waals surface area contributed by atoms with Crippen LogP contribution in [-0.4, -0.2) is 5.21 Å². The quantitative estimate of drug-likeness (QED) is 0.534. The Morgan fingerprint density at radius 3 is 2.45 bits per heavy atom. The highest BCUT2D eigenvalue weighted by molar-refractivity contribution is 5.82. The van der Waals surface area contributed by atoms with Gasteiger partial charge in [0, 0.05) is 17.0 Å². The number of rotatable bonds is 1. The Labute approximate surface area is 116 Å². The van der Waals surface area contributed by atoms with E-state index in [0.717, 1.165) is 27.7 Å². The minimum atomic E-state index is 0.525. The van der Waals surface area contributed by atoms with Crippen LogP contribution in [-0.2, 0) is 0 Å². The Hall–Kier alpha value is -2.55. The van der Waals surface area contributed by atoms with E-state index in [-0.39, 0.29) is 0 Å². The third kappa shape index (κ3) is 2.07. The first-order valence-electron chi connectivity index (χ1n) is 6.47. The number of nitrogens with zero attached hydrogens (tertiary/aromatic N) is 1. The van der Waals surface area contributed by atoms with E-state index in [1.54, 1.807) is 6.07 Å². The predicted octanol–water partition coefficient (Wildman–Crippen LogP) is 4.01. The highest BCUT2D eigenvalue weighted by atomic mass is 16.4. The van der Waals surface area contributed by atoms with Gasteiger partial charge in [0.1, 0.15) is 16.7 Å². The highest BCUT2D eigenvalue weighted by Gasteiger charge is 2.08. The number of fused-ring (bicyclic) bond motifs is 1. The zero-order valence-electron chi connectivity index (χ0n) is 11.4. The molecule has 0 aliphatic rings. The van der Waals surface area contributed by atoms with Gasteiger partial charge in [-0.25, -0.2) is 0 Å². The second kappa shape index (κ2) is 4.85. The molecule has 0 unspecified atom stereocenters. The molecule has 3 aromatic rings. The predicted molar refractivity (Wildman–Crippen MR) is 78.5 cm³/mol. The van der Waals surface area contributed by atoms with Crippen LogP contribution in [0.15, 0.2) is 58.1 Å². The molecule has 0 aliphatic carbocycles. The molecule has 0 saturated heterocycles. The third-order valence-electron chi connectivity index (χ3n) is 3.34. The second-order valence-electron chi connectivity index (χ2n) is 4.92. The molecule has 100 valence electrons. The van der Waals surface area contributed by atoms with Gasteiger partial charge in [-0.2, -0.15) is 0 Å². The van der Waals surface area contributed by atoms with Gasteiger partial charge < -0.3 is 9.62 Å². The van der Waals surface area contributed by atoms with E-state index in [1.165, 1.54) is 0 Å². The molecule has 0 bridgehead atoms. The average molecular weight is 265 g/mol. The summed E-state index contributed by atoms with van der Waals surface area (Å²) < 4.78 is 6.00. The van der Waals surface area contributed by atoms with Crippen molar-refractivity contribution in [1.29, 1.82) is 0 Å². The van der Waals surface area contributed by atoms with Crippen LogP contribution < -0.4 is 5.36 Å². The van der Waals surface area contributed by atoms with Crippen LogP contribution in [0.1, 0.15) is 11.1 Å². The van der Waals surface area contributed by atoms with Crippen molar-refractivity contribution in [2.75, 3.05) is 0 Å². The molecule has 3 heteroatoms. The van der Waals surface area contributed by atoms with Gasteiger partial charge in [-0.15, -0.1) is 0 Å². The van der Waals surface area contributed by atoms with Crippen LogP contribution in [0.3, 0.4) is 0 Å². The monoisotopic (exact) mass is 265 g/mol. The van der Waals surface area contributed by atoms with E-state index in [0.29, 0.717) is 11.1 Å². The van der Waals surface area contributed by atoms with Gasteiger partial charge in [-0.05, 0) is 31.0 Å². The lowest BCUT2D eigenvalue weighted by molar-refractivity contribution is 0.302. The zero-order valence-corrected chi connectivity index (χ0v) is 11.4. The SMILES string of the molecule is Cc1cc(C)c2oc(-c3ccccc3)c/c(=N\O)c2c1. The van der Waals surface area contributed by atoms with E-state index in [4.69, 9.17) is 4.42 Å². The van der Waals surface area contributed by atoms with Crippen LogP contribution in [0.25, 0.3) is 22.3 Å². The first kappa shape index (κ1) is 12.5. The van der Waals surface area contributed by atoms with Crippen molar-refractivity contribution >= 4 is 11.0 Å². The normalized spacial score (nSPS) is 12.0. The summed E-state index contributed by atoms with van der Waals surface area (Å²) in [7, 11) is 0. The maximum atomic E-state index is 9.27. The summed E-state index contributed by atoms with van der Waals surface area (Å²) in [5.74, 6) is 0.692. The maximum absolute atomic E-state index is 9.27. The fourth-order valence-corrected chi connectivity index (χ4v) is 2.45. The molecule has 0 atom stereocenters. The Kier molecular flexibility index (Phi) is 3.03. The number of aryl methyl sites for hydroxylation is 2. The molecular weight excluding hydrogens is 250 g/mol. The smallest absolute Gasteiger partial charge is 0.139 e. The maximum Gasteiger partial charge on any atom is 0.139 e. The van der Waals surface area contributed by atoms with Crippen molar-refractivity contribution in [2.45, 2.75) is 13.8 Å². The zero-order chi connectivity index (χ0) is 14.1. The molecule has 3 nitrogen and oxygen atoms in total. The fourth-order valence-electron chi connectivity index (χ4n) is 2.45. The molecule has 1 heterocycles. The van der Waals surface area contributed by atoms with Crippen molar-refractivity contribution in [3.8, 4) is 11.3 Å². The van der Waals surface area contributed by atoms with Crippen molar-refractivity contribution in [3.63, 3.8) is 0 Å². The molecule has 20 heavy (non-hydrogen) atoms. The second-order valence-corrected chi connectivity index (χ2v) is 4.92. The number of hydrogen-bond acceptors (Lipinski definition) is 3. The fraction of sp³-hybridized carbons (Fsp3) is 0.118. The third-order valence-corrected chi connectivity index (χ3v) is 3.34. The molecular formula is C17H15NO2. The van der Waals surface area contributed by atoms with Gasteiger partial charge in [-0.3, -0.25) is 0 Å². The molecule has 0 radical (unpaired) electrons. The van der Waals surface area contributed by atoms with Crippen molar-refractivity contribution in [2.24, 2.45) is 5.16 Å². The number of benzene rings is 2. The molecule has 2 aromatic carbocycles. The molecule has 0 fully saturated rings. The van der Waals surface area contributed by atoms with Gasteiger partial charge in [0.15, 0.2) is 0 Å². The van der Waals surface area contributed by atoms with Gasteiger partial charge in [0.05, 0.1) is 0 Å². The van der Waals surface area contributed by atoms with E-state index < -0.39 is 0 Å². The molecule has 3 rings (SSSR count). The van der Waals surface area contributed by atoms with Gasteiger partial charge >= 0.3 is 0 Å². The van der Waals surface area contributed by atoms with Gasteiger partial charge in [-0.1, -0.05) is 41.6 Å². The lowest BCUT2D eigenvalue weighted by Gasteiger charge is -2.07. The minimum absolute atomic E-state index is 0.525. The topological polar surface area (TPSA) is 45.7 Å². The minimum Gasteiger partial charge on any atom is -0.456 e. The summed E-state index contributed by atoms with van der Waals surface area (Å²) in [4.78, 5) is 0. The van der Waals surface area contributed by atoms with Gasteiger partial charge in [0.2, 0.25) is 0 Å². The summed E-state index contributed by atoms with van der Waals surface area (Å²) >= 11 is 0. The van der Waals surface area contributed by atoms with Crippen molar-refractivity contribution < 1.29 is 9.62 Å². The first-order valence-corrected chi connectivity index (χ1v) is 6.47. The number of hydrogen-bond donors (Lipinski definition) is 1. The molecule has 0 aliphatic heterocycles. The van der Waals surface area contributed by atoms with Crippen molar-refractivity contribution in [3.05, 3.63) is 65.0 Å². The first-order chi connectivity index (χ1) is 9.69. The molecule has 1 N–H and O–H groups in total. The Morgan fingerprint density at radius 1 is 1.00 bits per heavy atom. The largest absolute Gasteiger partial charge is 0.456 e. The summed E-state index contributed by atoms with van der Waals surface area (Å²) in [5.41, 5.74) is 3.86.